The number of nitrogens with one attached hydrogen (secondary N) is 1. The van der Waals surface area contributed by atoms with E-state index in [1.807, 2.05) is 0 Å². The summed E-state index contributed by atoms with van der Waals surface area (Å²) in [5, 5.41) is 121. The quantitative estimate of drug-likeness (QED) is 0.0199. The second-order valence-electron chi connectivity index (χ2n) is 28.9. The third-order valence-electron chi connectivity index (χ3n) is 19.8. The molecule has 3 rings (SSSR count). The molecule has 0 bridgehead atoms. The van der Waals surface area contributed by atoms with E-state index in [0.717, 1.165) is 122 Å². The van der Waals surface area contributed by atoms with E-state index in [-0.39, 0.29) is 18.9 Å². The fraction of sp³-hybridized carbons (Fsp3) is 0.756. The standard InChI is InChI=1S/C86H147NO18/c1-3-5-7-9-11-13-15-17-19-21-23-24-25-26-27-28-29-30-31-32-33-34-35-36-37-38-39-40-41-42-43-44-46-48-50-52-54-56-58-60-62-64-74(92)87-69(70(91)63-61-59-57-55-53-51-49-47-45-22-20-18-16-14-12-10-8-6-4-2)68-100-84-80(98)77(95)82(72(66-89)102-84)105-86-81(99)78(96)83(73(67-90)103-86)104-85-79(97)76(94)75(93)71(65-88)101-85/h5,7,11,13,17,19,23-24,26-27,29-30,32-33,35-36,38-39,41-42,69-73,75-86,88-91,93-99H,3-4,6,8-10,12,14-16,18,20-22,25,28,31,34,37,40,43-68H2,1-2H3,(H,87,92)/b7-5-,13-11-,19-17-,24-23-,27-26-,30-29-,33-32-,36-35-,39-38-,42-41-. The van der Waals surface area contributed by atoms with Crippen LogP contribution in [0.3, 0.4) is 0 Å². The van der Waals surface area contributed by atoms with Crippen LogP contribution in [0.5, 0.6) is 0 Å². The second kappa shape index (κ2) is 65.0. The molecule has 3 aliphatic rings. The van der Waals surface area contributed by atoms with Gasteiger partial charge in [0.25, 0.3) is 0 Å². The van der Waals surface area contributed by atoms with E-state index in [2.05, 4.69) is 141 Å². The molecule has 0 saturated carbocycles. The van der Waals surface area contributed by atoms with Crippen molar-refractivity contribution in [2.45, 2.75) is 388 Å². The Morgan fingerprint density at radius 2 is 0.657 bits per heavy atom. The topological polar surface area (TPSA) is 307 Å². The summed E-state index contributed by atoms with van der Waals surface area (Å²) in [4.78, 5) is 13.5. The first-order valence-electron chi connectivity index (χ1n) is 41.3. The zero-order valence-corrected chi connectivity index (χ0v) is 64.7. The van der Waals surface area contributed by atoms with Gasteiger partial charge >= 0.3 is 0 Å². The fourth-order valence-electron chi connectivity index (χ4n) is 13.2. The molecular weight excluding hydrogens is 1330 g/mol. The van der Waals surface area contributed by atoms with E-state index >= 15 is 0 Å². The normalized spacial score (nSPS) is 26.4. The van der Waals surface area contributed by atoms with Crippen LogP contribution in [0.2, 0.25) is 0 Å². The number of carbonyl (C=O) groups is 1. The van der Waals surface area contributed by atoms with Gasteiger partial charge in [0.2, 0.25) is 5.91 Å². The smallest absolute Gasteiger partial charge is 0.220 e. The SMILES string of the molecule is CC/C=C\C/C=C\C/C=C\C/C=C\C/C=C\C/C=C\C/C=C\C/C=C\C/C=C\C/C=C\CCCCCCCCCCCCC(=O)NC(COC1OC(CO)C(OC2OC(CO)C(OC3OC(CO)C(O)C(O)C3O)C(O)C2O)C(O)C1O)C(O)CCCCCCCCCCCCCCCCCCCCC. The summed E-state index contributed by atoms with van der Waals surface area (Å²) in [5.74, 6) is -0.250. The Hall–Kier alpha value is -3.81. The van der Waals surface area contributed by atoms with E-state index in [1.165, 1.54) is 128 Å². The number of allylic oxidation sites excluding steroid dienone is 20. The van der Waals surface area contributed by atoms with Gasteiger partial charge in [0.05, 0.1) is 38.6 Å². The maximum Gasteiger partial charge on any atom is 0.220 e. The number of aliphatic hydroxyl groups is 11. The van der Waals surface area contributed by atoms with Crippen molar-refractivity contribution in [3.63, 3.8) is 0 Å². The summed E-state index contributed by atoms with van der Waals surface area (Å²) >= 11 is 0. The average Bonchev–Trinajstić information content (AvgIpc) is 0.781. The lowest BCUT2D eigenvalue weighted by Crippen LogP contribution is -2.66. The molecule has 0 spiro atoms. The van der Waals surface area contributed by atoms with Gasteiger partial charge in [0.15, 0.2) is 18.9 Å². The maximum absolute atomic E-state index is 13.5. The van der Waals surface area contributed by atoms with Crippen LogP contribution in [0.4, 0.5) is 0 Å². The zero-order valence-electron chi connectivity index (χ0n) is 64.7. The van der Waals surface area contributed by atoms with Crippen LogP contribution in [0.15, 0.2) is 122 Å². The molecule has 0 aromatic carbocycles. The highest BCUT2D eigenvalue weighted by Crippen LogP contribution is 2.33. The van der Waals surface area contributed by atoms with Gasteiger partial charge in [0, 0.05) is 6.42 Å². The molecule has 17 unspecified atom stereocenters. The molecular formula is C86H147NO18. The number of rotatable bonds is 64. The third-order valence-corrected chi connectivity index (χ3v) is 19.8. The Kier molecular flexibility index (Phi) is 59.0. The predicted molar refractivity (Wildman–Crippen MR) is 420 cm³/mol. The molecule has 12 N–H and O–H groups in total. The Morgan fingerprint density at radius 3 is 1.03 bits per heavy atom. The minimum Gasteiger partial charge on any atom is -0.394 e. The molecule has 0 radical (unpaired) electrons. The molecule has 19 heteroatoms. The van der Waals surface area contributed by atoms with Crippen LogP contribution >= 0.6 is 0 Å². The van der Waals surface area contributed by atoms with Crippen molar-refractivity contribution in [3.8, 4) is 0 Å². The zero-order chi connectivity index (χ0) is 76.0. The Morgan fingerprint density at radius 1 is 0.352 bits per heavy atom. The van der Waals surface area contributed by atoms with E-state index in [4.69, 9.17) is 28.4 Å². The van der Waals surface area contributed by atoms with Gasteiger partial charge in [-0.3, -0.25) is 4.79 Å². The van der Waals surface area contributed by atoms with Gasteiger partial charge in [-0.1, -0.05) is 309 Å². The summed E-state index contributed by atoms with van der Waals surface area (Å²) in [7, 11) is 0. The number of ether oxygens (including phenoxy) is 6. The average molecular weight is 1480 g/mol. The van der Waals surface area contributed by atoms with Crippen LogP contribution < -0.4 is 5.32 Å². The third kappa shape index (κ3) is 44.6. The van der Waals surface area contributed by atoms with Gasteiger partial charge in [-0.05, 0) is 89.9 Å². The Labute approximate surface area is 633 Å². The minimum atomic E-state index is -1.98. The first-order valence-corrected chi connectivity index (χ1v) is 41.3. The van der Waals surface area contributed by atoms with Crippen LogP contribution in [-0.4, -0.2) is 193 Å². The summed E-state index contributed by atoms with van der Waals surface area (Å²) in [6.45, 7) is 1.70. The second-order valence-corrected chi connectivity index (χ2v) is 28.9. The molecule has 1 amide bonds. The largest absolute Gasteiger partial charge is 0.394 e. The van der Waals surface area contributed by atoms with Crippen molar-refractivity contribution < 1.29 is 89.4 Å². The molecule has 0 aliphatic carbocycles. The summed E-state index contributed by atoms with van der Waals surface area (Å²) in [6.07, 6.45) is 64.2. The lowest BCUT2D eigenvalue weighted by molar-refractivity contribution is -0.379. The number of hydrogen-bond donors (Lipinski definition) is 12. The van der Waals surface area contributed by atoms with E-state index in [1.54, 1.807) is 0 Å². The monoisotopic (exact) mass is 1480 g/mol. The molecule has 3 fully saturated rings. The van der Waals surface area contributed by atoms with Crippen LogP contribution in [0.1, 0.15) is 284 Å². The highest BCUT2D eigenvalue weighted by Gasteiger charge is 2.54. The molecule has 604 valence electrons. The predicted octanol–water partition coefficient (Wildman–Crippen LogP) is 14.3. The van der Waals surface area contributed by atoms with Crippen LogP contribution in [-0.2, 0) is 33.2 Å². The number of carbonyl (C=O) groups excluding carboxylic acids is 1. The number of amides is 1. The van der Waals surface area contributed by atoms with Gasteiger partial charge in [-0.25, -0.2) is 0 Å². The molecule has 3 heterocycles. The van der Waals surface area contributed by atoms with Gasteiger partial charge in [-0.15, -0.1) is 0 Å². The molecule has 3 saturated heterocycles. The summed E-state index contributed by atoms with van der Waals surface area (Å²) in [6, 6.07) is -0.898. The Balaban J connectivity index is 1.33. The van der Waals surface area contributed by atoms with E-state index in [9.17, 15) is 61.0 Å². The van der Waals surface area contributed by atoms with Crippen molar-refractivity contribution in [1.29, 1.82) is 0 Å². The molecule has 17 atom stereocenters. The van der Waals surface area contributed by atoms with Crippen molar-refractivity contribution in [2.75, 3.05) is 26.4 Å². The lowest BCUT2D eigenvalue weighted by Gasteiger charge is -2.48. The first-order chi connectivity index (χ1) is 51.3. The number of hydrogen-bond acceptors (Lipinski definition) is 18. The van der Waals surface area contributed by atoms with Gasteiger partial charge in [0.1, 0.15) is 73.2 Å². The van der Waals surface area contributed by atoms with Crippen molar-refractivity contribution >= 4 is 5.91 Å². The van der Waals surface area contributed by atoms with Crippen molar-refractivity contribution in [2.24, 2.45) is 0 Å². The van der Waals surface area contributed by atoms with Gasteiger partial charge < -0.3 is 89.9 Å². The van der Waals surface area contributed by atoms with Crippen LogP contribution in [0, 0.1) is 0 Å². The Bertz CT molecular complexity index is 2370. The van der Waals surface area contributed by atoms with Crippen LogP contribution in [0.25, 0.3) is 0 Å². The summed E-state index contributed by atoms with van der Waals surface area (Å²) < 4.78 is 34.5. The number of aliphatic hydroxyl groups excluding tert-OH is 11. The highest BCUT2D eigenvalue weighted by molar-refractivity contribution is 5.76. The molecule has 3 aliphatic heterocycles. The van der Waals surface area contributed by atoms with Crippen molar-refractivity contribution in [1.82, 2.24) is 5.32 Å². The van der Waals surface area contributed by atoms with Crippen molar-refractivity contribution in [3.05, 3.63) is 122 Å². The maximum atomic E-state index is 13.5. The molecule has 0 aromatic heterocycles. The molecule has 19 nitrogen and oxygen atoms in total. The molecule has 0 aromatic rings. The fourth-order valence-corrected chi connectivity index (χ4v) is 13.2. The van der Waals surface area contributed by atoms with Gasteiger partial charge in [-0.2, -0.15) is 0 Å². The molecule has 105 heavy (non-hydrogen) atoms. The summed E-state index contributed by atoms with van der Waals surface area (Å²) in [5.41, 5.74) is 0. The van der Waals surface area contributed by atoms with E-state index < -0.39 is 124 Å². The van der Waals surface area contributed by atoms with E-state index in [0.29, 0.717) is 12.8 Å². The minimum absolute atomic E-state index is 0.250. The lowest BCUT2D eigenvalue weighted by atomic mass is 9.96. The number of unbranched alkanes of at least 4 members (excludes halogenated alkanes) is 28. The highest BCUT2D eigenvalue weighted by atomic mass is 16.8. The first kappa shape index (κ1) is 95.4.